The molecule has 1 aliphatic rings. The van der Waals surface area contributed by atoms with Gasteiger partial charge in [-0.1, -0.05) is 35.9 Å². The Kier molecular flexibility index (Phi) is 5.65. The van der Waals surface area contributed by atoms with E-state index in [-0.39, 0.29) is 16.4 Å². The zero-order valence-electron chi connectivity index (χ0n) is 14.6. The molecule has 0 bridgehead atoms. The third-order valence-electron chi connectivity index (χ3n) is 4.50. The molecule has 0 N–H and O–H groups in total. The molecule has 5 nitrogen and oxygen atoms in total. The third kappa shape index (κ3) is 4.44. The second kappa shape index (κ2) is 7.78. The van der Waals surface area contributed by atoms with E-state index in [2.05, 4.69) is 4.90 Å². The van der Waals surface area contributed by atoms with Gasteiger partial charge in [0.1, 0.15) is 0 Å². The Hall–Kier alpha value is -1.89. The minimum Gasteiger partial charge on any atom is -0.336 e. The maximum absolute atomic E-state index is 12.8. The molecule has 2 aromatic carbocycles. The molecule has 0 spiro atoms. The fourth-order valence-corrected chi connectivity index (χ4v) is 4.10. The first-order valence-corrected chi connectivity index (χ1v) is 10.7. The molecule has 1 saturated heterocycles. The van der Waals surface area contributed by atoms with E-state index in [0.29, 0.717) is 18.1 Å². The lowest BCUT2D eigenvalue weighted by molar-refractivity contribution is 0.0624. The first-order valence-electron chi connectivity index (χ1n) is 8.40. The van der Waals surface area contributed by atoms with Crippen molar-refractivity contribution in [3.05, 3.63) is 64.7 Å². The highest BCUT2D eigenvalue weighted by Crippen LogP contribution is 2.19. The number of sulfone groups is 1. The van der Waals surface area contributed by atoms with Gasteiger partial charge in [-0.3, -0.25) is 9.69 Å². The first kappa shape index (κ1) is 18.9. The maximum atomic E-state index is 12.8. The number of hydrogen-bond donors (Lipinski definition) is 0. The zero-order chi connectivity index (χ0) is 18.7. The van der Waals surface area contributed by atoms with Crippen molar-refractivity contribution < 1.29 is 13.2 Å². The van der Waals surface area contributed by atoms with Crippen molar-refractivity contribution in [2.75, 3.05) is 32.4 Å². The van der Waals surface area contributed by atoms with E-state index in [4.69, 9.17) is 11.6 Å². The van der Waals surface area contributed by atoms with E-state index in [0.717, 1.165) is 25.9 Å². The summed E-state index contributed by atoms with van der Waals surface area (Å²) in [5, 5.41) is 0.716. The lowest BCUT2D eigenvalue weighted by atomic mass is 10.1. The Balaban J connectivity index is 1.65. The van der Waals surface area contributed by atoms with Crippen molar-refractivity contribution in [3.63, 3.8) is 0 Å². The molecule has 0 atom stereocenters. The zero-order valence-corrected chi connectivity index (χ0v) is 16.1. The molecule has 0 radical (unpaired) electrons. The summed E-state index contributed by atoms with van der Waals surface area (Å²) < 4.78 is 23.9. The summed E-state index contributed by atoms with van der Waals surface area (Å²) in [6.07, 6.45) is 1.13. The van der Waals surface area contributed by atoms with E-state index in [1.807, 2.05) is 24.3 Å². The van der Waals surface area contributed by atoms with Crippen molar-refractivity contribution >= 4 is 27.3 Å². The van der Waals surface area contributed by atoms with Gasteiger partial charge in [0, 0.05) is 44.0 Å². The fraction of sp³-hybridized carbons (Fsp3) is 0.316. The van der Waals surface area contributed by atoms with Gasteiger partial charge in [-0.05, 0) is 29.8 Å². The summed E-state index contributed by atoms with van der Waals surface area (Å²) in [6.45, 7) is 3.44. The number of carbonyl (C=O) groups excluding carboxylic acids is 1. The Morgan fingerprint density at radius 3 is 2.23 bits per heavy atom. The van der Waals surface area contributed by atoms with Crippen LogP contribution in [0.2, 0.25) is 5.02 Å². The van der Waals surface area contributed by atoms with Gasteiger partial charge in [0.05, 0.1) is 10.5 Å². The minimum absolute atomic E-state index is 0.0913. The number of carbonyl (C=O) groups is 1. The summed E-state index contributed by atoms with van der Waals surface area (Å²) in [5.74, 6) is -0.225. The van der Waals surface area contributed by atoms with E-state index < -0.39 is 9.84 Å². The van der Waals surface area contributed by atoms with Crippen LogP contribution < -0.4 is 0 Å². The van der Waals surface area contributed by atoms with Crippen LogP contribution in [-0.4, -0.2) is 56.6 Å². The van der Waals surface area contributed by atoms with Crippen molar-refractivity contribution in [1.82, 2.24) is 9.80 Å². The molecule has 7 heteroatoms. The number of benzene rings is 2. The predicted octanol–water partition coefficient (Wildman–Crippen LogP) is 2.70. The number of hydrogen-bond acceptors (Lipinski definition) is 4. The van der Waals surface area contributed by atoms with Crippen LogP contribution >= 0.6 is 11.6 Å². The molecule has 3 rings (SSSR count). The highest BCUT2D eigenvalue weighted by Gasteiger charge is 2.26. The van der Waals surface area contributed by atoms with E-state index in [1.165, 1.54) is 11.6 Å². The molecule has 26 heavy (non-hydrogen) atoms. The second-order valence-corrected chi connectivity index (χ2v) is 8.88. The van der Waals surface area contributed by atoms with Gasteiger partial charge in [0.15, 0.2) is 9.84 Å². The maximum Gasteiger partial charge on any atom is 0.255 e. The van der Waals surface area contributed by atoms with Gasteiger partial charge in [0.25, 0.3) is 5.91 Å². The Bertz CT molecular complexity index is 889. The number of rotatable bonds is 4. The van der Waals surface area contributed by atoms with Gasteiger partial charge >= 0.3 is 0 Å². The fourth-order valence-electron chi connectivity index (χ4n) is 3.09. The molecule has 1 aliphatic heterocycles. The molecule has 0 saturated carbocycles. The van der Waals surface area contributed by atoms with Crippen molar-refractivity contribution in [2.24, 2.45) is 0 Å². The van der Waals surface area contributed by atoms with Gasteiger partial charge in [-0.15, -0.1) is 0 Å². The van der Waals surface area contributed by atoms with Crippen LogP contribution in [0, 0.1) is 0 Å². The highest BCUT2D eigenvalue weighted by molar-refractivity contribution is 7.90. The van der Waals surface area contributed by atoms with E-state index in [1.54, 1.807) is 23.1 Å². The standard InChI is InChI=1S/C19H21ClN2O3S/c1-26(24,25)18-5-3-2-4-17(18)19(23)22-12-10-21(11-13-22)14-15-6-8-16(20)9-7-15/h2-9H,10-14H2,1H3. The molecule has 2 aromatic rings. The summed E-state index contributed by atoms with van der Waals surface area (Å²) in [5.41, 5.74) is 1.43. The molecule has 1 heterocycles. The van der Waals surface area contributed by atoms with Crippen molar-refractivity contribution in [1.29, 1.82) is 0 Å². The van der Waals surface area contributed by atoms with Crippen LogP contribution in [0.3, 0.4) is 0 Å². The lowest BCUT2D eigenvalue weighted by Crippen LogP contribution is -2.48. The summed E-state index contributed by atoms with van der Waals surface area (Å²) >= 11 is 5.91. The number of piperazine rings is 1. The molecule has 1 fully saturated rings. The van der Waals surface area contributed by atoms with Gasteiger partial charge in [0.2, 0.25) is 0 Å². The van der Waals surface area contributed by atoms with Crippen LogP contribution in [0.15, 0.2) is 53.4 Å². The number of halogens is 1. The van der Waals surface area contributed by atoms with Crippen LogP contribution in [0.1, 0.15) is 15.9 Å². The third-order valence-corrected chi connectivity index (χ3v) is 5.90. The number of amides is 1. The largest absolute Gasteiger partial charge is 0.336 e. The predicted molar refractivity (Wildman–Crippen MR) is 102 cm³/mol. The first-order chi connectivity index (χ1) is 12.3. The van der Waals surface area contributed by atoms with Crippen molar-refractivity contribution in [3.8, 4) is 0 Å². The van der Waals surface area contributed by atoms with Crippen LogP contribution in [0.5, 0.6) is 0 Å². The molecule has 0 unspecified atom stereocenters. The van der Waals surface area contributed by atoms with Crippen LogP contribution in [-0.2, 0) is 16.4 Å². The van der Waals surface area contributed by atoms with Crippen molar-refractivity contribution in [2.45, 2.75) is 11.4 Å². The SMILES string of the molecule is CS(=O)(=O)c1ccccc1C(=O)N1CCN(Cc2ccc(Cl)cc2)CC1. The quantitative estimate of drug-likeness (QED) is 0.802. The van der Waals surface area contributed by atoms with Gasteiger partial charge in [-0.25, -0.2) is 8.42 Å². The molecule has 138 valence electrons. The summed E-state index contributed by atoms with van der Waals surface area (Å²) in [4.78, 5) is 16.9. The highest BCUT2D eigenvalue weighted by atomic mass is 35.5. The molecular formula is C19H21ClN2O3S. The van der Waals surface area contributed by atoms with E-state index >= 15 is 0 Å². The lowest BCUT2D eigenvalue weighted by Gasteiger charge is -2.35. The smallest absolute Gasteiger partial charge is 0.255 e. The average molecular weight is 393 g/mol. The molecular weight excluding hydrogens is 372 g/mol. The van der Waals surface area contributed by atoms with Gasteiger partial charge < -0.3 is 4.90 Å². The Labute approximate surface area is 159 Å². The van der Waals surface area contributed by atoms with E-state index in [9.17, 15) is 13.2 Å². The monoisotopic (exact) mass is 392 g/mol. The summed E-state index contributed by atoms with van der Waals surface area (Å²) in [6, 6.07) is 14.1. The van der Waals surface area contributed by atoms with Crippen LogP contribution in [0.25, 0.3) is 0 Å². The van der Waals surface area contributed by atoms with Crippen LogP contribution in [0.4, 0.5) is 0 Å². The minimum atomic E-state index is -3.44. The van der Waals surface area contributed by atoms with Gasteiger partial charge in [-0.2, -0.15) is 0 Å². The average Bonchev–Trinajstić information content (AvgIpc) is 2.63. The molecule has 1 amide bonds. The Morgan fingerprint density at radius 2 is 1.62 bits per heavy atom. The molecule has 0 aliphatic carbocycles. The topological polar surface area (TPSA) is 57.7 Å². The molecule has 0 aromatic heterocycles. The number of nitrogens with zero attached hydrogens (tertiary/aromatic N) is 2. The second-order valence-electron chi connectivity index (χ2n) is 6.46. The normalized spacial score (nSPS) is 15.8. The summed E-state index contributed by atoms with van der Waals surface area (Å²) in [7, 11) is -3.44. The Morgan fingerprint density at radius 1 is 1.00 bits per heavy atom.